The average Bonchev–Trinajstić information content (AvgIpc) is 2.72. The first-order chi connectivity index (χ1) is 14.7. The zero-order chi connectivity index (χ0) is 22.6. The summed E-state index contributed by atoms with van der Waals surface area (Å²) in [4.78, 5) is 24.4. The lowest BCUT2D eigenvalue weighted by atomic mass is 10.1. The lowest BCUT2D eigenvalue weighted by molar-refractivity contribution is -0.114. The van der Waals surface area contributed by atoms with E-state index in [9.17, 15) is 18.0 Å². The van der Waals surface area contributed by atoms with Crippen LogP contribution in [0.4, 0.5) is 11.4 Å². The molecule has 0 saturated heterocycles. The third kappa shape index (κ3) is 5.35. The Kier molecular flexibility index (Phi) is 6.84. The largest absolute Gasteiger partial charge is 0.366 e. The Morgan fingerprint density at radius 3 is 2.10 bits per heavy atom. The Balaban J connectivity index is 2.00. The normalized spacial score (nSPS) is 11.0. The third-order valence-electron chi connectivity index (χ3n) is 4.22. The van der Waals surface area contributed by atoms with E-state index in [1.54, 1.807) is 30.3 Å². The van der Waals surface area contributed by atoms with Gasteiger partial charge >= 0.3 is 0 Å². The van der Waals surface area contributed by atoms with Crippen molar-refractivity contribution in [2.45, 2.75) is 4.90 Å². The predicted molar refractivity (Wildman–Crippen MR) is 121 cm³/mol. The maximum Gasteiger partial charge on any atom is 0.264 e. The number of benzene rings is 3. The van der Waals surface area contributed by atoms with E-state index in [1.165, 1.54) is 42.5 Å². The van der Waals surface area contributed by atoms with Gasteiger partial charge in [-0.25, -0.2) is 8.42 Å². The molecule has 0 saturated carbocycles. The van der Waals surface area contributed by atoms with Crippen LogP contribution in [0.1, 0.15) is 10.4 Å². The lowest BCUT2D eigenvalue weighted by Gasteiger charge is -2.24. The molecule has 0 radical (unpaired) electrons. The van der Waals surface area contributed by atoms with Gasteiger partial charge in [0, 0.05) is 10.0 Å². The van der Waals surface area contributed by atoms with Crippen LogP contribution in [0, 0.1) is 0 Å². The zero-order valence-corrected chi connectivity index (χ0v) is 18.3. The molecule has 2 amide bonds. The van der Waals surface area contributed by atoms with Crippen molar-refractivity contribution in [2.24, 2.45) is 5.73 Å². The molecule has 3 N–H and O–H groups in total. The van der Waals surface area contributed by atoms with Crippen LogP contribution in [0.15, 0.2) is 77.7 Å². The van der Waals surface area contributed by atoms with Gasteiger partial charge in [0.15, 0.2) is 0 Å². The van der Waals surface area contributed by atoms with Crippen LogP contribution in [0.25, 0.3) is 0 Å². The first kappa shape index (κ1) is 22.6. The number of primary amides is 1. The van der Waals surface area contributed by atoms with Gasteiger partial charge in [-0.1, -0.05) is 53.5 Å². The highest BCUT2D eigenvalue weighted by Gasteiger charge is 2.28. The van der Waals surface area contributed by atoms with Gasteiger partial charge in [-0.15, -0.1) is 0 Å². The molecule has 7 nitrogen and oxygen atoms in total. The summed E-state index contributed by atoms with van der Waals surface area (Å²) >= 11 is 12.1. The fourth-order valence-electron chi connectivity index (χ4n) is 2.85. The van der Waals surface area contributed by atoms with E-state index in [0.717, 1.165) is 4.31 Å². The topological polar surface area (TPSA) is 110 Å². The molecule has 0 fully saturated rings. The van der Waals surface area contributed by atoms with Crippen LogP contribution >= 0.6 is 23.2 Å². The standard InChI is InChI=1S/C21H17Cl2N3O4S/c22-14-10-15(23)12-16(11-14)26(31(29,30)17-6-2-1-3-7-17)13-20(27)25-19-9-5-4-8-18(19)21(24)28/h1-12H,13H2,(H2,24,28)(H,25,27). The molecule has 160 valence electrons. The van der Waals surface area contributed by atoms with Crippen molar-refractivity contribution in [1.29, 1.82) is 0 Å². The molecule has 0 aromatic heterocycles. The number of nitrogens with one attached hydrogen (secondary N) is 1. The van der Waals surface area contributed by atoms with Crippen LogP contribution in [-0.2, 0) is 14.8 Å². The van der Waals surface area contributed by atoms with Crippen molar-refractivity contribution in [2.75, 3.05) is 16.2 Å². The first-order valence-corrected chi connectivity index (χ1v) is 11.1. The summed E-state index contributed by atoms with van der Waals surface area (Å²) in [7, 11) is -4.14. The molecule has 31 heavy (non-hydrogen) atoms. The second-order valence-electron chi connectivity index (χ2n) is 6.41. The quantitative estimate of drug-likeness (QED) is 0.536. The predicted octanol–water partition coefficient (Wildman–Crippen LogP) is 3.93. The molecule has 0 bridgehead atoms. The number of hydrogen-bond donors (Lipinski definition) is 2. The van der Waals surface area contributed by atoms with Crippen molar-refractivity contribution in [3.8, 4) is 0 Å². The first-order valence-electron chi connectivity index (χ1n) is 8.91. The van der Waals surface area contributed by atoms with Gasteiger partial charge in [-0.2, -0.15) is 0 Å². The summed E-state index contributed by atoms with van der Waals surface area (Å²) in [6.07, 6.45) is 0. The highest BCUT2D eigenvalue weighted by atomic mass is 35.5. The Bertz CT molecular complexity index is 1210. The SMILES string of the molecule is NC(=O)c1ccccc1NC(=O)CN(c1cc(Cl)cc(Cl)c1)S(=O)(=O)c1ccccc1. The summed E-state index contributed by atoms with van der Waals surface area (Å²) < 4.78 is 27.5. The van der Waals surface area contributed by atoms with Crippen LogP contribution in [0.2, 0.25) is 10.0 Å². The number of sulfonamides is 1. The van der Waals surface area contributed by atoms with Gasteiger partial charge in [0.25, 0.3) is 15.9 Å². The zero-order valence-electron chi connectivity index (χ0n) is 16.0. The number of nitrogens with zero attached hydrogens (tertiary/aromatic N) is 1. The Morgan fingerprint density at radius 2 is 1.48 bits per heavy atom. The Hall–Kier alpha value is -3.07. The molecule has 0 heterocycles. The van der Waals surface area contributed by atoms with E-state index in [-0.39, 0.29) is 31.9 Å². The molecule has 3 rings (SSSR count). The summed E-state index contributed by atoms with van der Waals surface area (Å²) in [5, 5.41) is 2.94. The minimum atomic E-state index is -4.14. The molecule has 0 aliphatic carbocycles. The van der Waals surface area contributed by atoms with E-state index in [2.05, 4.69) is 5.32 Å². The highest BCUT2D eigenvalue weighted by Crippen LogP contribution is 2.29. The van der Waals surface area contributed by atoms with Crippen molar-refractivity contribution >= 4 is 56.4 Å². The van der Waals surface area contributed by atoms with Crippen molar-refractivity contribution < 1.29 is 18.0 Å². The fraction of sp³-hybridized carbons (Fsp3) is 0.0476. The molecule has 0 spiro atoms. The van der Waals surface area contributed by atoms with Crippen LogP contribution < -0.4 is 15.4 Å². The van der Waals surface area contributed by atoms with Crippen LogP contribution in [0.3, 0.4) is 0 Å². The fourth-order valence-corrected chi connectivity index (χ4v) is 4.79. The summed E-state index contributed by atoms with van der Waals surface area (Å²) in [5.74, 6) is -1.42. The third-order valence-corrected chi connectivity index (χ3v) is 6.44. The van der Waals surface area contributed by atoms with Gasteiger partial charge in [0.1, 0.15) is 6.54 Å². The minimum Gasteiger partial charge on any atom is -0.366 e. The average molecular weight is 478 g/mol. The van der Waals surface area contributed by atoms with E-state index >= 15 is 0 Å². The lowest BCUT2D eigenvalue weighted by Crippen LogP contribution is -2.38. The molecule has 0 unspecified atom stereocenters. The molecule has 0 aliphatic rings. The van der Waals surface area contributed by atoms with Crippen molar-refractivity contribution in [3.63, 3.8) is 0 Å². The maximum atomic E-state index is 13.3. The second kappa shape index (κ2) is 9.38. The number of carbonyl (C=O) groups excluding carboxylic acids is 2. The number of carbonyl (C=O) groups is 2. The van der Waals surface area contributed by atoms with Crippen LogP contribution in [-0.4, -0.2) is 26.8 Å². The van der Waals surface area contributed by atoms with Gasteiger partial charge in [-0.05, 0) is 42.5 Å². The van der Waals surface area contributed by atoms with E-state index in [4.69, 9.17) is 28.9 Å². The maximum absolute atomic E-state index is 13.3. The molecule has 0 atom stereocenters. The molecule has 3 aromatic carbocycles. The highest BCUT2D eigenvalue weighted by molar-refractivity contribution is 7.92. The number of halogens is 2. The monoisotopic (exact) mass is 477 g/mol. The van der Waals surface area contributed by atoms with Crippen molar-refractivity contribution in [3.05, 3.63) is 88.4 Å². The molecular weight excluding hydrogens is 461 g/mol. The minimum absolute atomic E-state index is 0.0172. The summed E-state index contributed by atoms with van der Waals surface area (Å²) in [6.45, 7) is -0.596. The second-order valence-corrected chi connectivity index (χ2v) is 9.15. The Labute approximate surface area is 189 Å². The molecule has 0 aliphatic heterocycles. The molecular formula is C21H17Cl2N3O4S. The number of rotatable bonds is 7. The Morgan fingerprint density at radius 1 is 0.903 bits per heavy atom. The summed E-state index contributed by atoms with van der Waals surface area (Å²) in [5.41, 5.74) is 5.71. The number of para-hydroxylation sites is 1. The van der Waals surface area contributed by atoms with E-state index in [0.29, 0.717) is 0 Å². The molecule has 3 aromatic rings. The van der Waals surface area contributed by atoms with Crippen LogP contribution in [0.5, 0.6) is 0 Å². The van der Waals surface area contributed by atoms with Crippen molar-refractivity contribution in [1.82, 2.24) is 0 Å². The van der Waals surface area contributed by atoms with Gasteiger partial charge < -0.3 is 11.1 Å². The number of nitrogens with two attached hydrogens (primary N) is 1. The molecule has 10 heteroatoms. The number of anilines is 2. The number of amides is 2. The van der Waals surface area contributed by atoms with Gasteiger partial charge in [-0.3, -0.25) is 13.9 Å². The van der Waals surface area contributed by atoms with Gasteiger partial charge in [0.05, 0.1) is 21.8 Å². The number of hydrogen-bond acceptors (Lipinski definition) is 4. The summed E-state index contributed by atoms with van der Waals surface area (Å²) in [6, 6.07) is 18.0. The van der Waals surface area contributed by atoms with E-state index < -0.39 is 28.4 Å². The van der Waals surface area contributed by atoms with E-state index in [1.807, 2.05) is 0 Å². The smallest absolute Gasteiger partial charge is 0.264 e. The van der Waals surface area contributed by atoms with Gasteiger partial charge in [0.2, 0.25) is 5.91 Å².